The van der Waals surface area contributed by atoms with Crippen molar-refractivity contribution in [1.82, 2.24) is 20.3 Å². The first kappa shape index (κ1) is 20.9. The number of nitrogens with one attached hydrogen (secondary N) is 3. The Morgan fingerprint density at radius 1 is 1.11 bits per heavy atom. The molecule has 0 spiro atoms. The number of aryl methyl sites for hydroxylation is 2. The molecule has 0 bridgehead atoms. The van der Waals surface area contributed by atoms with Gasteiger partial charge in [0.15, 0.2) is 5.96 Å². The molecule has 0 fully saturated rings. The van der Waals surface area contributed by atoms with Gasteiger partial charge in [-0.2, -0.15) is 0 Å². The fourth-order valence-electron chi connectivity index (χ4n) is 2.43. The van der Waals surface area contributed by atoms with Crippen LogP contribution in [0.4, 0.5) is 0 Å². The van der Waals surface area contributed by atoms with Gasteiger partial charge >= 0.3 is 0 Å². The highest BCUT2D eigenvalue weighted by Gasteiger charge is 2.16. The van der Waals surface area contributed by atoms with E-state index in [1.54, 1.807) is 19.2 Å². The van der Waals surface area contributed by atoms with Crippen molar-refractivity contribution in [1.29, 1.82) is 0 Å². The predicted octanol–water partition coefficient (Wildman–Crippen LogP) is 1.73. The van der Waals surface area contributed by atoms with Crippen LogP contribution in [0.15, 0.2) is 52.5 Å². The molecule has 0 aliphatic carbocycles. The Hall–Kier alpha value is -2.45. The minimum Gasteiger partial charge on any atom is -0.357 e. The minimum absolute atomic E-state index is 0.254. The molecule has 0 saturated heterocycles. The molecule has 1 heterocycles. The number of benzene rings is 1. The van der Waals surface area contributed by atoms with Gasteiger partial charge in [-0.15, -0.1) is 0 Å². The number of nitrogens with zero attached hydrogens (tertiary/aromatic N) is 2. The highest BCUT2D eigenvalue weighted by Crippen LogP contribution is 2.16. The molecular formula is C19H27N5O2S. The van der Waals surface area contributed by atoms with E-state index in [0.717, 1.165) is 16.8 Å². The van der Waals surface area contributed by atoms with E-state index in [0.29, 0.717) is 30.5 Å². The Balaban J connectivity index is 1.90. The van der Waals surface area contributed by atoms with Crippen LogP contribution in [-0.2, 0) is 16.6 Å². The van der Waals surface area contributed by atoms with E-state index < -0.39 is 10.0 Å². The van der Waals surface area contributed by atoms with Crippen LogP contribution < -0.4 is 15.4 Å². The standard InChI is InChI=1S/C19H27N5O2S/c1-4-20-19(23-14-17-7-5-6-10-21-17)22-11-12-24-27(25,26)18-13-15(2)8-9-16(18)3/h5-10,13,24H,4,11-12,14H2,1-3H3,(H2,20,22,23). The van der Waals surface area contributed by atoms with Crippen LogP contribution in [0.1, 0.15) is 23.7 Å². The normalized spacial score (nSPS) is 12.0. The van der Waals surface area contributed by atoms with Crippen LogP contribution in [0.3, 0.4) is 0 Å². The molecule has 0 aliphatic rings. The van der Waals surface area contributed by atoms with E-state index in [1.165, 1.54) is 0 Å². The number of rotatable bonds is 8. The largest absolute Gasteiger partial charge is 0.357 e. The van der Waals surface area contributed by atoms with Crippen LogP contribution in [0.5, 0.6) is 0 Å². The van der Waals surface area contributed by atoms with E-state index in [2.05, 4.69) is 25.3 Å². The third-order valence-electron chi connectivity index (χ3n) is 3.81. The summed E-state index contributed by atoms with van der Waals surface area (Å²) < 4.78 is 27.6. The zero-order valence-electron chi connectivity index (χ0n) is 16.0. The number of hydrogen-bond acceptors (Lipinski definition) is 4. The van der Waals surface area contributed by atoms with Crippen molar-refractivity contribution in [3.05, 3.63) is 59.4 Å². The van der Waals surface area contributed by atoms with Gasteiger partial charge in [-0.3, -0.25) is 4.98 Å². The van der Waals surface area contributed by atoms with Gasteiger partial charge in [-0.25, -0.2) is 18.1 Å². The van der Waals surface area contributed by atoms with Crippen molar-refractivity contribution >= 4 is 16.0 Å². The van der Waals surface area contributed by atoms with Crippen LogP contribution in [0, 0.1) is 13.8 Å². The molecule has 0 unspecified atom stereocenters. The van der Waals surface area contributed by atoms with E-state index in [9.17, 15) is 8.42 Å². The van der Waals surface area contributed by atoms with E-state index >= 15 is 0 Å². The molecule has 2 rings (SSSR count). The molecule has 3 N–H and O–H groups in total. The minimum atomic E-state index is -3.54. The first-order chi connectivity index (χ1) is 12.9. The lowest BCUT2D eigenvalue weighted by Crippen LogP contribution is -2.41. The van der Waals surface area contributed by atoms with Crippen LogP contribution in [0.25, 0.3) is 0 Å². The summed E-state index contributed by atoms with van der Waals surface area (Å²) in [7, 11) is -3.54. The van der Waals surface area contributed by atoms with Gasteiger partial charge in [0.25, 0.3) is 0 Å². The summed E-state index contributed by atoms with van der Waals surface area (Å²) >= 11 is 0. The summed E-state index contributed by atoms with van der Waals surface area (Å²) in [5.74, 6) is 0.620. The third-order valence-corrected chi connectivity index (χ3v) is 5.42. The maximum Gasteiger partial charge on any atom is 0.240 e. The summed E-state index contributed by atoms with van der Waals surface area (Å²) in [4.78, 5) is 9.01. The average Bonchev–Trinajstić information content (AvgIpc) is 2.65. The molecule has 0 saturated carbocycles. The van der Waals surface area contributed by atoms with Gasteiger partial charge in [0, 0.05) is 25.8 Å². The Morgan fingerprint density at radius 2 is 1.93 bits per heavy atom. The molecule has 8 heteroatoms. The molecule has 7 nitrogen and oxygen atoms in total. The van der Waals surface area contributed by atoms with E-state index in [-0.39, 0.29) is 6.54 Å². The summed E-state index contributed by atoms with van der Waals surface area (Å²) in [6.45, 7) is 7.47. The quantitative estimate of drug-likeness (QED) is 0.363. The zero-order chi connectivity index (χ0) is 19.7. The lowest BCUT2D eigenvalue weighted by atomic mass is 10.2. The first-order valence-electron chi connectivity index (χ1n) is 8.91. The van der Waals surface area contributed by atoms with Crippen LogP contribution in [0.2, 0.25) is 0 Å². The average molecular weight is 390 g/mol. The summed E-state index contributed by atoms with van der Waals surface area (Å²) in [5, 5.41) is 6.26. The van der Waals surface area contributed by atoms with Crippen molar-refractivity contribution < 1.29 is 8.42 Å². The number of aromatic nitrogens is 1. The number of pyridine rings is 1. The summed E-state index contributed by atoms with van der Waals surface area (Å²) in [6, 6.07) is 11.1. The van der Waals surface area contributed by atoms with Crippen molar-refractivity contribution in [2.24, 2.45) is 4.99 Å². The lowest BCUT2D eigenvalue weighted by molar-refractivity contribution is 0.580. The Bertz CT molecular complexity index is 867. The second kappa shape index (κ2) is 10.0. The smallest absolute Gasteiger partial charge is 0.240 e. The number of guanidine groups is 1. The molecule has 27 heavy (non-hydrogen) atoms. The van der Waals surface area contributed by atoms with E-state index in [4.69, 9.17) is 0 Å². The highest BCUT2D eigenvalue weighted by atomic mass is 32.2. The maximum atomic E-state index is 12.5. The van der Waals surface area contributed by atoms with Gasteiger partial charge < -0.3 is 10.6 Å². The summed E-state index contributed by atoms with van der Waals surface area (Å²) in [5.41, 5.74) is 2.51. The van der Waals surface area contributed by atoms with Crippen molar-refractivity contribution in [3.8, 4) is 0 Å². The van der Waals surface area contributed by atoms with Crippen molar-refractivity contribution in [2.45, 2.75) is 32.2 Å². The molecule has 0 aliphatic heterocycles. The SMILES string of the molecule is CCNC(=NCc1ccccn1)NCCNS(=O)(=O)c1cc(C)ccc1C. The second-order valence-corrected chi connectivity index (χ2v) is 7.85. The Labute approximate surface area is 161 Å². The van der Waals surface area contributed by atoms with Crippen LogP contribution >= 0.6 is 0 Å². The maximum absolute atomic E-state index is 12.5. The molecule has 1 aromatic carbocycles. The second-order valence-electron chi connectivity index (χ2n) is 6.11. The van der Waals surface area contributed by atoms with Crippen LogP contribution in [-0.4, -0.2) is 39.0 Å². The Morgan fingerprint density at radius 3 is 2.63 bits per heavy atom. The number of sulfonamides is 1. The molecule has 2 aromatic rings. The van der Waals surface area contributed by atoms with Gasteiger partial charge in [-0.05, 0) is 50.1 Å². The monoisotopic (exact) mass is 389 g/mol. The number of hydrogen-bond donors (Lipinski definition) is 3. The topological polar surface area (TPSA) is 95.5 Å². The molecular weight excluding hydrogens is 362 g/mol. The van der Waals surface area contributed by atoms with Gasteiger partial charge in [0.1, 0.15) is 0 Å². The fraction of sp³-hybridized carbons (Fsp3) is 0.368. The van der Waals surface area contributed by atoms with Gasteiger partial charge in [0.2, 0.25) is 10.0 Å². The molecule has 0 radical (unpaired) electrons. The summed E-state index contributed by atoms with van der Waals surface area (Å²) in [6.07, 6.45) is 1.73. The zero-order valence-corrected chi connectivity index (χ0v) is 16.8. The molecule has 0 amide bonds. The lowest BCUT2D eigenvalue weighted by Gasteiger charge is -2.13. The molecule has 146 valence electrons. The third kappa shape index (κ3) is 6.65. The van der Waals surface area contributed by atoms with Gasteiger partial charge in [-0.1, -0.05) is 18.2 Å². The highest BCUT2D eigenvalue weighted by molar-refractivity contribution is 7.89. The predicted molar refractivity (Wildman–Crippen MR) is 108 cm³/mol. The van der Waals surface area contributed by atoms with Crippen molar-refractivity contribution in [2.75, 3.05) is 19.6 Å². The number of aliphatic imine (C=N–C) groups is 1. The van der Waals surface area contributed by atoms with Crippen molar-refractivity contribution in [3.63, 3.8) is 0 Å². The van der Waals surface area contributed by atoms with Gasteiger partial charge in [0.05, 0.1) is 17.1 Å². The fourth-order valence-corrected chi connectivity index (χ4v) is 3.79. The molecule has 0 atom stereocenters. The van der Waals surface area contributed by atoms with E-state index in [1.807, 2.05) is 44.2 Å². The molecule has 1 aromatic heterocycles. The first-order valence-corrected chi connectivity index (χ1v) is 10.4. The Kier molecular flexibility index (Phi) is 7.75.